The average molecular weight is 332 g/mol. The van der Waals surface area contributed by atoms with Gasteiger partial charge in [0.2, 0.25) is 0 Å². The molecule has 0 fully saturated rings. The molecule has 1 unspecified atom stereocenters. The van der Waals surface area contributed by atoms with Crippen LogP contribution in [0.2, 0.25) is 0 Å². The van der Waals surface area contributed by atoms with Gasteiger partial charge in [0.05, 0.1) is 17.4 Å². The third-order valence-electron chi connectivity index (χ3n) is 3.23. The van der Waals surface area contributed by atoms with Crippen LogP contribution in [0.3, 0.4) is 0 Å². The second-order valence-corrected chi connectivity index (χ2v) is 7.45. The van der Waals surface area contributed by atoms with Gasteiger partial charge in [-0.1, -0.05) is 12.1 Å². The van der Waals surface area contributed by atoms with E-state index in [9.17, 15) is 4.79 Å². The molecule has 5 heteroatoms. The fourth-order valence-corrected chi connectivity index (χ4v) is 3.19. The molecule has 0 spiro atoms. The first-order valence-corrected chi connectivity index (χ1v) is 8.54. The van der Waals surface area contributed by atoms with Crippen molar-refractivity contribution in [1.29, 1.82) is 0 Å². The summed E-state index contributed by atoms with van der Waals surface area (Å²) in [6.07, 6.45) is -0.452. The number of hydrogen-bond acceptors (Lipinski definition) is 4. The summed E-state index contributed by atoms with van der Waals surface area (Å²) < 4.78 is 5.32. The number of anilines is 2. The lowest BCUT2D eigenvalue weighted by Crippen LogP contribution is -2.27. The van der Waals surface area contributed by atoms with Crippen LogP contribution in [0.15, 0.2) is 35.7 Å². The van der Waals surface area contributed by atoms with Crippen molar-refractivity contribution in [1.82, 2.24) is 0 Å². The van der Waals surface area contributed by atoms with E-state index in [0.29, 0.717) is 5.69 Å². The highest BCUT2D eigenvalue weighted by Crippen LogP contribution is 2.30. The van der Waals surface area contributed by atoms with Gasteiger partial charge in [-0.2, -0.15) is 0 Å². The second-order valence-electron chi connectivity index (χ2n) is 6.51. The first-order chi connectivity index (χ1) is 10.8. The predicted molar refractivity (Wildman–Crippen MR) is 97.4 cm³/mol. The largest absolute Gasteiger partial charge is 0.444 e. The quantitative estimate of drug-likeness (QED) is 0.769. The van der Waals surface area contributed by atoms with E-state index in [0.717, 1.165) is 5.69 Å². The minimum absolute atomic E-state index is 0.164. The summed E-state index contributed by atoms with van der Waals surface area (Å²) >= 11 is 1.73. The van der Waals surface area contributed by atoms with Gasteiger partial charge in [0.1, 0.15) is 5.60 Å². The summed E-state index contributed by atoms with van der Waals surface area (Å²) in [5.74, 6) is 0. The molecular formula is C18H24N2O2S. The van der Waals surface area contributed by atoms with Gasteiger partial charge >= 0.3 is 6.09 Å². The Morgan fingerprint density at radius 2 is 1.83 bits per heavy atom. The first kappa shape index (κ1) is 17.3. The van der Waals surface area contributed by atoms with E-state index in [1.54, 1.807) is 11.3 Å². The van der Waals surface area contributed by atoms with Crippen LogP contribution in [-0.4, -0.2) is 11.7 Å². The molecule has 2 aromatic rings. The number of rotatable bonds is 4. The Bertz CT molecular complexity index is 674. The highest BCUT2D eigenvalue weighted by atomic mass is 32.1. The molecule has 0 bridgehead atoms. The Labute approximate surface area is 141 Å². The Hall–Kier alpha value is -2.01. The number of aryl methyl sites for hydroxylation is 1. The van der Waals surface area contributed by atoms with Gasteiger partial charge in [0.15, 0.2) is 0 Å². The molecule has 0 saturated heterocycles. The van der Waals surface area contributed by atoms with Crippen molar-refractivity contribution in [2.24, 2.45) is 0 Å². The Balaban J connectivity index is 2.11. The van der Waals surface area contributed by atoms with E-state index >= 15 is 0 Å². The number of hydrogen-bond donors (Lipinski definition) is 2. The van der Waals surface area contributed by atoms with Crippen molar-refractivity contribution < 1.29 is 9.53 Å². The summed E-state index contributed by atoms with van der Waals surface area (Å²) in [5, 5.41) is 8.37. The van der Waals surface area contributed by atoms with Gasteiger partial charge in [-0.05, 0) is 63.8 Å². The highest BCUT2D eigenvalue weighted by molar-refractivity contribution is 7.10. The highest BCUT2D eigenvalue weighted by Gasteiger charge is 2.18. The zero-order valence-electron chi connectivity index (χ0n) is 14.3. The van der Waals surface area contributed by atoms with Crippen molar-refractivity contribution in [3.63, 3.8) is 0 Å². The maximum absolute atomic E-state index is 12.0. The molecule has 23 heavy (non-hydrogen) atoms. The first-order valence-electron chi connectivity index (χ1n) is 7.66. The van der Waals surface area contributed by atoms with Crippen LogP contribution >= 0.6 is 11.3 Å². The van der Waals surface area contributed by atoms with Gasteiger partial charge in [-0.15, -0.1) is 11.3 Å². The molecule has 1 amide bonds. The van der Waals surface area contributed by atoms with Crippen molar-refractivity contribution in [3.8, 4) is 0 Å². The number of nitrogens with one attached hydrogen (secondary N) is 2. The normalized spacial score (nSPS) is 12.6. The molecule has 124 valence electrons. The number of carbonyl (C=O) groups excluding carboxylic acids is 1. The lowest BCUT2D eigenvalue weighted by Gasteiger charge is -2.22. The van der Waals surface area contributed by atoms with E-state index < -0.39 is 11.7 Å². The second kappa shape index (κ2) is 7.04. The van der Waals surface area contributed by atoms with Crippen LogP contribution < -0.4 is 10.6 Å². The van der Waals surface area contributed by atoms with Crippen molar-refractivity contribution in [2.75, 3.05) is 10.6 Å². The average Bonchev–Trinajstić information content (AvgIpc) is 2.85. The number of ether oxygens (including phenoxy) is 1. The lowest BCUT2D eigenvalue weighted by atomic mass is 10.1. The number of thiophene rings is 1. The Kier molecular flexibility index (Phi) is 5.31. The maximum Gasteiger partial charge on any atom is 0.412 e. The van der Waals surface area contributed by atoms with Gasteiger partial charge < -0.3 is 10.1 Å². The van der Waals surface area contributed by atoms with E-state index in [-0.39, 0.29) is 6.04 Å². The standard InChI is InChI=1S/C18H24N2O2S/c1-12-10-11-23-16(12)13(2)19-14-8-6-7-9-15(14)20-17(21)22-18(3,4)5/h6-11,13,19H,1-5H3,(H,20,21). The summed E-state index contributed by atoms with van der Waals surface area (Å²) in [5.41, 5.74) is 2.34. The molecule has 2 N–H and O–H groups in total. The van der Waals surface area contributed by atoms with E-state index in [1.165, 1.54) is 10.4 Å². The smallest absolute Gasteiger partial charge is 0.412 e. The van der Waals surface area contributed by atoms with Gasteiger partial charge in [0.25, 0.3) is 0 Å². The lowest BCUT2D eigenvalue weighted by molar-refractivity contribution is 0.0636. The van der Waals surface area contributed by atoms with Crippen LogP contribution in [0.25, 0.3) is 0 Å². The van der Waals surface area contributed by atoms with E-state index in [4.69, 9.17) is 4.74 Å². The molecule has 0 radical (unpaired) electrons. The SMILES string of the molecule is Cc1ccsc1C(C)Nc1ccccc1NC(=O)OC(C)(C)C. The van der Waals surface area contributed by atoms with Crippen molar-refractivity contribution >= 4 is 28.8 Å². The van der Waals surface area contributed by atoms with Crippen molar-refractivity contribution in [3.05, 3.63) is 46.2 Å². The molecule has 0 aliphatic carbocycles. The number of amides is 1. The van der Waals surface area contributed by atoms with Crippen LogP contribution in [0.4, 0.5) is 16.2 Å². The summed E-state index contributed by atoms with van der Waals surface area (Å²) in [4.78, 5) is 13.3. The third-order valence-corrected chi connectivity index (χ3v) is 4.43. The summed E-state index contributed by atoms with van der Waals surface area (Å²) in [7, 11) is 0. The van der Waals surface area contributed by atoms with Gasteiger partial charge in [0, 0.05) is 4.88 Å². The fourth-order valence-electron chi connectivity index (χ4n) is 2.26. The molecule has 0 saturated carbocycles. The van der Waals surface area contributed by atoms with Crippen LogP contribution in [0.1, 0.15) is 44.2 Å². The summed E-state index contributed by atoms with van der Waals surface area (Å²) in [6.45, 7) is 9.76. The molecule has 1 atom stereocenters. The summed E-state index contributed by atoms with van der Waals surface area (Å²) in [6, 6.07) is 9.92. The van der Waals surface area contributed by atoms with E-state index in [2.05, 4.69) is 35.9 Å². The van der Waals surface area contributed by atoms with Crippen LogP contribution in [0.5, 0.6) is 0 Å². The maximum atomic E-state index is 12.0. The monoisotopic (exact) mass is 332 g/mol. The number of para-hydroxylation sites is 2. The van der Waals surface area contributed by atoms with Crippen LogP contribution in [0, 0.1) is 6.92 Å². The molecule has 1 aromatic heterocycles. The Morgan fingerprint density at radius 1 is 1.17 bits per heavy atom. The third kappa shape index (κ3) is 4.99. The minimum atomic E-state index is -0.520. The topological polar surface area (TPSA) is 50.4 Å². The number of carbonyl (C=O) groups is 1. The molecular weight excluding hydrogens is 308 g/mol. The van der Waals surface area contributed by atoms with E-state index in [1.807, 2.05) is 45.0 Å². The predicted octanol–water partition coefficient (Wildman–Crippen LogP) is 5.58. The fraction of sp³-hybridized carbons (Fsp3) is 0.389. The molecule has 1 aromatic carbocycles. The Morgan fingerprint density at radius 3 is 2.39 bits per heavy atom. The molecule has 2 rings (SSSR count). The zero-order valence-corrected chi connectivity index (χ0v) is 15.1. The van der Waals surface area contributed by atoms with Gasteiger partial charge in [-0.25, -0.2) is 4.79 Å². The van der Waals surface area contributed by atoms with Gasteiger partial charge in [-0.3, -0.25) is 5.32 Å². The molecule has 0 aliphatic rings. The molecule has 0 aliphatic heterocycles. The molecule has 1 heterocycles. The zero-order chi connectivity index (χ0) is 17.0. The minimum Gasteiger partial charge on any atom is -0.444 e. The van der Waals surface area contributed by atoms with Crippen molar-refractivity contribution in [2.45, 2.75) is 46.3 Å². The number of benzene rings is 1. The molecule has 4 nitrogen and oxygen atoms in total. The van der Waals surface area contributed by atoms with Crippen LogP contribution in [-0.2, 0) is 4.74 Å².